The van der Waals surface area contributed by atoms with Crippen LogP contribution in [0.5, 0.6) is 0 Å². The van der Waals surface area contributed by atoms with Gasteiger partial charge in [-0.1, -0.05) is 21.6 Å². The number of hydrogen-bond acceptors (Lipinski definition) is 3. The lowest BCUT2D eigenvalue weighted by atomic mass is 10.0. The molecule has 0 bridgehead atoms. The van der Waals surface area contributed by atoms with Crippen molar-refractivity contribution in [1.29, 1.82) is 0 Å². The van der Waals surface area contributed by atoms with E-state index >= 15 is 0 Å². The summed E-state index contributed by atoms with van der Waals surface area (Å²) in [4.78, 5) is 0. The van der Waals surface area contributed by atoms with Gasteiger partial charge in [-0.2, -0.15) is 13.2 Å². The van der Waals surface area contributed by atoms with Crippen LogP contribution in [0.4, 0.5) is 13.2 Å². The van der Waals surface area contributed by atoms with Gasteiger partial charge < -0.3 is 4.74 Å². The van der Waals surface area contributed by atoms with Gasteiger partial charge in [0.2, 0.25) is 0 Å². The first kappa shape index (κ1) is 11.5. The Balaban J connectivity index is 2.80. The molecule has 0 amide bonds. The third-order valence-electron chi connectivity index (χ3n) is 1.90. The van der Waals surface area contributed by atoms with Crippen molar-refractivity contribution in [2.75, 3.05) is 7.11 Å². The molecule has 0 aromatic rings. The minimum Gasteiger partial charge on any atom is -0.378 e. The molecule has 2 atom stereocenters. The van der Waals surface area contributed by atoms with Crippen molar-refractivity contribution in [3.8, 4) is 0 Å². The Bertz CT molecular complexity index is 193. The molecule has 0 aromatic heterocycles. The SMILES string of the molecule is COC1C(C(F)(F)F)SSC1(C)C. The zero-order chi connectivity index (χ0) is 10.3. The maximum Gasteiger partial charge on any atom is 0.403 e. The van der Waals surface area contributed by atoms with Crippen molar-refractivity contribution in [2.24, 2.45) is 0 Å². The van der Waals surface area contributed by atoms with Crippen LogP contribution in [0.15, 0.2) is 0 Å². The predicted molar refractivity (Wildman–Crippen MR) is 49.9 cm³/mol. The minimum absolute atomic E-state index is 0.473. The smallest absolute Gasteiger partial charge is 0.378 e. The predicted octanol–water partition coefficient (Wildman–Crippen LogP) is 3.11. The molecular weight excluding hydrogens is 221 g/mol. The number of halogens is 3. The van der Waals surface area contributed by atoms with Crippen LogP contribution in [-0.2, 0) is 4.74 Å². The van der Waals surface area contributed by atoms with Gasteiger partial charge in [-0.15, -0.1) is 0 Å². The second-order valence-corrected chi connectivity index (χ2v) is 6.40. The first-order valence-electron chi connectivity index (χ1n) is 3.73. The highest BCUT2D eigenvalue weighted by Crippen LogP contribution is 2.56. The Kier molecular flexibility index (Phi) is 3.14. The van der Waals surface area contributed by atoms with Crippen LogP contribution < -0.4 is 0 Å². The summed E-state index contributed by atoms with van der Waals surface area (Å²) < 4.78 is 41.7. The fraction of sp³-hybridized carbons (Fsp3) is 1.00. The van der Waals surface area contributed by atoms with E-state index in [0.29, 0.717) is 0 Å². The molecule has 1 aliphatic heterocycles. The summed E-state index contributed by atoms with van der Waals surface area (Å²) >= 11 is 0. The van der Waals surface area contributed by atoms with E-state index in [2.05, 4.69) is 0 Å². The van der Waals surface area contributed by atoms with Crippen molar-refractivity contribution >= 4 is 21.6 Å². The van der Waals surface area contributed by atoms with Crippen molar-refractivity contribution in [2.45, 2.75) is 36.1 Å². The molecule has 13 heavy (non-hydrogen) atoms. The van der Waals surface area contributed by atoms with Crippen LogP contribution in [-0.4, -0.2) is 29.4 Å². The molecule has 78 valence electrons. The minimum atomic E-state index is -4.17. The van der Waals surface area contributed by atoms with E-state index in [-0.39, 0.29) is 0 Å². The molecule has 0 spiro atoms. The van der Waals surface area contributed by atoms with Crippen molar-refractivity contribution < 1.29 is 17.9 Å². The molecule has 1 aliphatic rings. The van der Waals surface area contributed by atoms with E-state index in [1.807, 2.05) is 0 Å². The Morgan fingerprint density at radius 2 is 1.85 bits per heavy atom. The highest BCUT2D eigenvalue weighted by molar-refractivity contribution is 8.78. The normalized spacial score (nSPS) is 33.7. The van der Waals surface area contributed by atoms with Gasteiger partial charge in [0.25, 0.3) is 0 Å². The Morgan fingerprint density at radius 3 is 2.15 bits per heavy atom. The van der Waals surface area contributed by atoms with E-state index < -0.39 is 22.3 Å². The molecule has 0 N–H and O–H groups in total. The maximum absolute atomic E-state index is 12.4. The summed E-state index contributed by atoms with van der Waals surface area (Å²) in [7, 11) is 3.43. The molecular formula is C7H11F3OS2. The Labute approximate surface area is 83.2 Å². The molecule has 6 heteroatoms. The summed E-state index contributed by atoms with van der Waals surface area (Å²) in [6.45, 7) is 3.54. The first-order chi connectivity index (χ1) is 5.79. The number of alkyl halides is 3. The number of hydrogen-bond donors (Lipinski definition) is 0. The molecule has 0 aromatic carbocycles. The zero-order valence-corrected chi connectivity index (χ0v) is 9.15. The lowest BCUT2D eigenvalue weighted by molar-refractivity contribution is -0.152. The number of ether oxygens (including phenoxy) is 1. The second kappa shape index (κ2) is 3.55. The van der Waals surface area contributed by atoms with Crippen LogP contribution in [0.2, 0.25) is 0 Å². The topological polar surface area (TPSA) is 9.23 Å². The second-order valence-electron chi connectivity index (χ2n) is 3.40. The van der Waals surface area contributed by atoms with Crippen LogP contribution in [0, 0.1) is 0 Å². The quantitative estimate of drug-likeness (QED) is 0.643. The highest BCUT2D eigenvalue weighted by atomic mass is 33.1. The fourth-order valence-electron chi connectivity index (χ4n) is 1.27. The van der Waals surface area contributed by atoms with Gasteiger partial charge in [-0.25, -0.2) is 0 Å². The molecule has 0 radical (unpaired) electrons. The van der Waals surface area contributed by atoms with Crippen LogP contribution in [0.3, 0.4) is 0 Å². The average Bonchev–Trinajstić information content (AvgIpc) is 2.23. The van der Waals surface area contributed by atoms with Crippen molar-refractivity contribution in [3.63, 3.8) is 0 Å². The summed E-state index contributed by atoms with van der Waals surface area (Å²) in [6, 6.07) is 0. The van der Waals surface area contributed by atoms with Crippen LogP contribution in [0.25, 0.3) is 0 Å². The van der Waals surface area contributed by atoms with Crippen molar-refractivity contribution in [3.05, 3.63) is 0 Å². The van der Waals surface area contributed by atoms with Crippen LogP contribution in [0.1, 0.15) is 13.8 Å². The molecule has 0 aliphatic carbocycles. The van der Waals surface area contributed by atoms with Gasteiger partial charge in [-0.05, 0) is 13.8 Å². The maximum atomic E-state index is 12.4. The largest absolute Gasteiger partial charge is 0.403 e. The lowest BCUT2D eigenvalue weighted by Crippen LogP contribution is -2.43. The van der Waals surface area contributed by atoms with Gasteiger partial charge in [0.15, 0.2) is 0 Å². The van der Waals surface area contributed by atoms with E-state index in [9.17, 15) is 13.2 Å². The highest BCUT2D eigenvalue weighted by Gasteiger charge is 2.56. The van der Waals surface area contributed by atoms with E-state index in [1.54, 1.807) is 13.8 Å². The van der Waals surface area contributed by atoms with E-state index in [4.69, 9.17) is 4.74 Å². The molecule has 1 nitrogen and oxygen atoms in total. The van der Waals surface area contributed by atoms with Gasteiger partial charge in [-0.3, -0.25) is 0 Å². The van der Waals surface area contributed by atoms with Gasteiger partial charge in [0.05, 0.1) is 6.10 Å². The third-order valence-corrected chi connectivity index (χ3v) is 5.58. The van der Waals surface area contributed by atoms with E-state index in [1.165, 1.54) is 17.9 Å². The standard InChI is InChI=1S/C7H11F3OS2/c1-6(2)4(11-3)5(12-13-6)7(8,9)10/h4-5H,1-3H3. The molecule has 1 saturated heterocycles. The van der Waals surface area contributed by atoms with Crippen molar-refractivity contribution in [1.82, 2.24) is 0 Å². The molecule has 1 heterocycles. The summed E-state index contributed by atoms with van der Waals surface area (Å²) in [6.07, 6.45) is -4.94. The molecule has 1 fully saturated rings. The monoisotopic (exact) mass is 232 g/mol. The fourth-order valence-corrected chi connectivity index (χ4v) is 4.67. The summed E-state index contributed by atoms with van der Waals surface area (Å²) in [5.74, 6) is 0. The number of rotatable bonds is 1. The zero-order valence-electron chi connectivity index (χ0n) is 7.51. The van der Waals surface area contributed by atoms with Crippen LogP contribution >= 0.6 is 21.6 Å². The lowest BCUT2D eigenvalue weighted by Gasteiger charge is -2.27. The number of methoxy groups -OCH3 is 1. The molecule has 1 rings (SSSR count). The van der Waals surface area contributed by atoms with Gasteiger partial charge in [0, 0.05) is 11.9 Å². The Hall–Kier alpha value is 0.450. The Morgan fingerprint density at radius 1 is 1.31 bits per heavy atom. The molecule has 2 unspecified atom stereocenters. The summed E-state index contributed by atoms with van der Waals surface area (Å²) in [5.41, 5.74) is 0. The van der Waals surface area contributed by atoms with E-state index in [0.717, 1.165) is 10.8 Å². The summed E-state index contributed by atoms with van der Waals surface area (Å²) in [5, 5.41) is -1.41. The van der Waals surface area contributed by atoms with Gasteiger partial charge >= 0.3 is 6.18 Å². The third kappa shape index (κ3) is 2.27. The first-order valence-corrected chi connectivity index (χ1v) is 5.94. The average molecular weight is 232 g/mol. The molecule has 0 saturated carbocycles. The van der Waals surface area contributed by atoms with Gasteiger partial charge in [0.1, 0.15) is 5.25 Å².